The number of rotatable bonds is 0. The SMILES string of the molecule is CC.CC.CC.CC.CC.CC.CC.CC.CC.CC.CC.CC.CC(C)C.CC(C)C.CC(C)C.CC(C)C.CC(C)C.CC(C)C.c1ccc2c(c1)CCC2.c1ccc2c(c1)CCCC2.c1ccc2c(c1)CCCO2.c1ccc2c(c1)CCCO2.c1ccc2c(c1)CCO2.c1ccc2c(c1)OCCO2. The van der Waals surface area contributed by atoms with Gasteiger partial charge in [0.1, 0.15) is 30.5 Å². The van der Waals surface area contributed by atoms with E-state index >= 15 is 0 Å². The lowest BCUT2D eigenvalue weighted by molar-refractivity contribution is 0.171. The number of hydrogen-bond acceptors (Lipinski definition) is 5. The van der Waals surface area contributed by atoms with E-state index < -0.39 is 0 Å². The fourth-order valence-electron chi connectivity index (χ4n) is 7.90. The molecule has 0 bridgehead atoms. The average molecular weight is 1480 g/mol. The zero-order chi connectivity index (χ0) is 84.9. The smallest absolute Gasteiger partial charge is 0.161 e. The Balaban J connectivity index is -0.0000000899. The number of benzene rings is 6. The quantitative estimate of drug-likeness (QED) is 0.152. The normalized spacial score (nSPS) is 11.2. The van der Waals surface area contributed by atoms with Gasteiger partial charge in [-0.25, -0.2) is 0 Å². The average Bonchev–Trinajstić information content (AvgIpc) is 1.77. The summed E-state index contributed by atoms with van der Waals surface area (Å²) in [6.45, 7) is 91.0. The molecule has 6 aliphatic rings. The lowest BCUT2D eigenvalue weighted by Crippen LogP contribution is -2.14. The van der Waals surface area contributed by atoms with Gasteiger partial charge in [-0.1, -0.05) is 406 Å². The summed E-state index contributed by atoms with van der Waals surface area (Å²) >= 11 is 0. The van der Waals surface area contributed by atoms with Crippen LogP contribution >= 0.6 is 0 Å². The Morgan fingerprint density at radius 2 is 0.311 bits per heavy atom. The molecule has 0 aromatic heterocycles. The van der Waals surface area contributed by atoms with Crippen molar-refractivity contribution in [2.75, 3.05) is 33.0 Å². The highest BCUT2D eigenvalue weighted by Crippen LogP contribution is 2.29. The van der Waals surface area contributed by atoms with E-state index in [0.717, 1.165) is 103 Å². The van der Waals surface area contributed by atoms with E-state index in [4.69, 9.17) is 23.7 Å². The van der Waals surface area contributed by atoms with Crippen LogP contribution < -0.4 is 23.7 Å². The van der Waals surface area contributed by atoms with Crippen LogP contribution in [-0.2, 0) is 44.9 Å². The number of para-hydroxylation sites is 5. The highest BCUT2D eigenvalue weighted by molar-refractivity contribution is 5.40. The highest BCUT2D eigenvalue weighted by atomic mass is 16.6. The zero-order valence-electron chi connectivity index (χ0n) is 79.4. The summed E-state index contributed by atoms with van der Waals surface area (Å²) in [5.74, 6) is 9.93. The lowest BCUT2D eigenvalue weighted by atomic mass is 9.92. The predicted molar refractivity (Wildman–Crippen MR) is 494 cm³/mol. The van der Waals surface area contributed by atoms with Gasteiger partial charge in [-0.05, 0) is 175 Å². The van der Waals surface area contributed by atoms with Gasteiger partial charge >= 0.3 is 0 Å². The largest absolute Gasteiger partial charge is 0.493 e. The Bertz CT molecular complexity index is 1980. The van der Waals surface area contributed by atoms with Crippen molar-refractivity contribution >= 4 is 0 Å². The van der Waals surface area contributed by atoms with E-state index in [9.17, 15) is 0 Å². The van der Waals surface area contributed by atoms with Gasteiger partial charge in [0.2, 0.25) is 0 Å². The molecule has 106 heavy (non-hydrogen) atoms. The minimum Gasteiger partial charge on any atom is -0.493 e. The van der Waals surface area contributed by atoms with Gasteiger partial charge in [-0.2, -0.15) is 0 Å². The van der Waals surface area contributed by atoms with Crippen molar-refractivity contribution in [3.63, 3.8) is 0 Å². The van der Waals surface area contributed by atoms with Crippen molar-refractivity contribution in [2.24, 2.45) is 35.5 Å². The van der Waals surface area contributed by atoms with Gasteiger partial charge in [0, 0.05) is 6.42 Å². The Kier molecular flexibility index (Phi) is 129. The first kappa shape index (κ1) is 127. The van der Waals surface area contributed by atoms with Crippen LogP contribution in [0.25, 0.3) is 0 Å². The molecule has 0 unspecified atom stereocenters. The summed E-state index contributed by atoms with van der Waals surface area (Å²) in [5, 5.41) is 0. The van der Waals surface area contributed by atoms with E-state index in [1.807, 2.05) is 233 Å². The summed E-state index contributed by atoms with van der Waals surface area (Å²) in [5.41, 5.74) is 10.3. The molecule has 0 N–H and O–H groups in total. The van der Waals surface area contributed by atoms with E-state index in [0.29, 0.717) is 13.2 Å². The Hall–Kier alpha value is -5.68. The van der Waals surface area contributed by atoms with Crippen LogP contribution in [0.4, 0.5) is 0 Å². The first-order valence-corrected chi connectivity index (χ1v) is 43.8. The minimum atomic E-state index is 0.664. The summed E-state index contributed by atoms with van der Waals surface area (Å²) in [4.78, 5) is 0. The number of fused-ring (bicyclic) bond motifs is 6. The van der Waals surface area contributed by atoms with Crippen molar-refractivity contribution in [2.45, 2.75) is 368 Å². The molecule has 624 valence electrons. The second kappa shape index (κ2) is 108. The molecular weight excluding hydrogens is 1290 g/mol. The molecule has 6 aromatic rings. The highest BCUT2D eigenvalue weighted by Gasteiger charge is 2.11. The fraction of sp³-hybridized carbons (Fsp3) is 0.644. The molecule has 0 amide bonds. The van der Waals surface area contributed by atoms with E-state index in [1.54, 1.807) is 22.3 Å². The summed E-state index contributed by atoms with van der Waals surface area (Å²) in [6.07, 6.45) is 15.1. The van der Waals surface area contributed by atoms with Crippen LogP contribution in [0.3, 0.4) is 0 Å². The Morgan fingerprint density at radius 3 is 0.519 bits per heavy atom. The van der Waals surface area contributed by atoms with Crippen molar-refractivity contribution in [1.29, 1.82) is 0 Å². The van der Waals surface area contributed by atoms with Gasteiger partial charge in [-0.15, -0.1) is 0 Å². The Morgan fingerprint density at radius 1 is 0.160 bits per heavy atom. The molecule has 12 rings (SSSR count). The van der Waals surface area contributed by atoms with Gasteiger partial charge < -0.3 is 23.7 Å². The molecular formula is C101H190O5. The van der Waals surface area contributed by atoms with Crippen LogP contribution in [-0.4, -0.2) is 33.0 Å². The van der Waals surface area contributed by atoms with Crippen LogP contribution in [0.1, 0.15) is 362 Å². The van der Waals surface area contributed by atoms with Gasteiger partial charge in [0.25, 0.3) is 0 Å². The zero-order valence-corrected chi connectivity index (χ0v) is 79.4. The molecule has 4 heterocycles. The molecule has 5 nitrogen and oxygen atoms in total. The molecule has 0 saturated heterocycles. The lowest BCUT2D eigenvalue weighted by Gasteiger charge is -2.17. The molecule has 0 radical (unpaired) electrons. The third-order valence-corrected chi connectivity index (χ3v) is 11.0. The molecule has 4 aliphatic heterocycles. The maximum absolute atomic E-state index is 5.42. The summed E-state index contributed by atoms with van der Waals surface area (Å²) in [7, 11) is 0. The van der Waals surface area contributed by atoms with Crippen molar-refractivity contribution in [3.8, 4) is 28.7 Å². The third-order valence-electron chi connectivity index (χ3n) is 11.0. The van der Waals surface area contributed by atoms with Crippen molar-refractivity contribution < 1.29 is 23.7 Å². The molecule has 0 spiro atoms. The molecule has 0 atom stereocenters. The molecule has 0 fully saturated rings. The predicted octanol–water partition coefficient (Wildman–Crippen LogP) is 34.1. The monoisotopic (exact) mass is 1480 g/mol. The topological polar surface area (TPSA) is 46.2 Å². The van der Waals surface area contributed by atoms with Crippen LogP contribution in [0.5, 0.6) is 28.7 Å². The van der Waals surface area contributed by atoms with Gasteiger partial charge in [-0.3, -0.25) is 0 Å². The molecule has 6 aromatic carbocycles. The Labute approximate surface area is 669 Å². The fourth-order valence-corrected chi connectivity index (χ4v) is 7.90. The van der Waals surface area contributed by atoms with E-state index in [-0.39, 0.29) is 0 Å². The molecule has 2 aliphatic carbocycles. The first-order valence-electron chi connectivity index (χ1n) is 43.8. The van der Waals surface area contributed by atoms with Crippen LogP contribution in [0, 0.1) is 35.5 Å². The summed E-state index contributed by atoms with van der Waals surface area (Å²) in [6, 6.07) is 49.9. The van der Waals surface area contributed by atoms with E-state index in [2.05, 4.69) is 203 Å². The van der Waals surface area contributed by atoms with Crippen LogP contribution in [0.15, 0.2) is 146 Å². The minimum absolute atomic E-state index is 0.664. The molecule has 5 heteroatoms. The summed E-state index contributed by atoms with van der Waals surface area (Å²) < 4.78 is 26.7. The number of aryl methyl sites for hydroxylation is 6. The van der Waals surface area contributed by atoms with Crippen molar-refractivity contribution in [1.82, 2.24) is 0 Å². The third kappa shape index (κ3) is 92.5. The number of ether oxygens (including phenoxy) is 5. The standard InChI is InChI=1S/C10H12.2C9H10O.C9H10.C8H8O2.C8H8O.6C4H10.12C2H6/c1-2-6-10-8-4-3-7-9(10)5-1;2*1-2-6-9-8(4-1)5-3-7-10-9;1-2-5-9-7-3-6-8(9)4-1;1-2-4-8-7(3-1)9-5-6-10-8;1-2-4-8-7(3-1)5-6-9-8;6*1-4(2)3;12*1-2/h1-2,5-6H,3-4,7-8H2;2*1-2,4,6H,3,5,7H2;1-2,4-5H,3,6-7H2;1-4H,5-6H2;1-4H,5-6H2;6*4H,1-3H3;12*1-2H3. The maximum Gasteiger partial charge on any atom is 0.161 e. The van der Waals surface area contributed by atoms with Gasteiger partial charge in [0.15, 0.2) is 11.5 Å². The second-order valence-electron chi connectivity index (χ2n) is 25.5. The second-order valence-corrected chi connectivity index (χ2v) is 25.5. The van der Waals surface area contributed by atoms with Crippen molar-refractivity contribution in [3.05, 3.63) is 185 Å². The van der Waals surface area contributed by atoms with Gasteiger partial charge in [0.05, 0.1) is 19.8 Å². The number of hydrogen-bond donors (Lipinski definition) is 0. The maximum atomic E-state index is 5.42. The first-order chi connectivity index (χ1) is 51.2. The molecule has 0 saturated carbocycles. The van der Waals surface area contributed by atoms with Crippen LogP contribution in [0.2, 0.25) is 0 Å². The van der Waals surface area contributed by atoms with E-state index in [1.165, 1.54) is 74.5 Å².